The first-order chi connectivity index (χ1) is 15.8. The van der Waals surface area contributed by atoms with E-state index in [4.69, 9.17) is 0 Å². The molecule has 5 rings (SSSR count). The van der Waals surface area contributed by atoms with Crippen LogP contribution in [0.5, 0.6) is 0 Å². The highest BCUT2D eigenvalue weighted by Gasteiger charge is 2.14. The molecule has 6 nitrogen and oxygen atoms in total. The second-order valence-corrected chi connectivity index (χ2v) is 7.14. The topological polar surface area (TPSA) is 72.2 Å². The molecule has 0 spiro atoms. The molecule has 0 atom stereocenters. The Bertz CT molecular complexity index is 1390. The molecule has 6 heteroatoms. The van der Waals surface area contributed by atoms with Gasteiger partial charge in [0.05, 0.1) is 11.4 Å². The number of carbonyl (C=O) groups is 1. The van der Waals surface area contributed by atoms with Crippen LogP contribution in [0.3, 0.4) is 0 Å². The first kappa shape index (κ1) is 19.4. The summed E-state index contributed by atoms with van der Waals surface area (Å²) in [6.07, 6.45) is 3.20. The molecule has 2 heterocycles. The molecular weight excluding hydrogens is 398 g/mol. The van der Waals surface area contributed by atoms with Gasteiger partial charge in [0.2, 0.25) is 0 Å². The quantitative estimate of drug-likeness (QED) is 0.403. The smallest absolute Gasteiger partial charge is 0.255 e. The predicted molar refractivity (Wildman–Crippen MR) is 126 cm³/mol. The molecule has 0 bridgehead atoms. The van der Waals surface area contributed by atoms with Crippen LogP contribution < -0.4 is 5.32 Å². The van der Waals surface area contributed by atoms with Crippen LogP contribution in [0.15, 0.2) is 103 Å². The minimum absolute atomic E-state index is 0.197. The Labute approximate surface area is 184 Å². The summed E-state index contributed by atoms with van der Waals surface area (Å²) < 4.78 is 1.65. The van der Waals surface area contributed by atoms with Crippen molar-refractivity contribution in [1.82, 2.24) is 19.6 Å². The normalized spacial score (nSPS) is 11.1. The lowest BCUT2D eigenvalue weighted by Crippen LogP contribution is -2.09. The van der Waals surface area contributed by atoms with E-state index in [1.165, 1.54) is 6.08 Å². The van der Waals surface area contributed by atoms with Gasteiger partial charge < -0.3 is 0 Å². The number of hydrogen-bond donors (Lipinski definition) is 1. The Balaban J connectivity index is 1.52. The number of amides is 1. The number of benzene rings is 3. The molecule has 5 aromatic rings. The third kappa shape index (κ3) is 4.15. The van der Waals surface area contributed by atoms with Crippen molar-refractivity contribution in [2.24, 2.45) is 0 Å². The lowest BCUT2D eigenvalue weighted by Gasteiger charge is -2.07. The van der Waals surface area contributed by atoms with Gasteiger partial charge in [-0.05, 0) is 17.7 Å². The van der Waals surface area contributed by atoms with Crippen LogP contribution in [0.4, 0.5) is 5.95 Å². The SMILES string of the molecule is O=C(C=Cc1ccccc1)Nc1nc2nc(-c3ccccc3)cc(-c3ccccc3)n2n1. The van der Waals surface area contributed by atoms with Crippen LogP contribution in [-0.2, 0) is 4.79 Å². The van der Waals surface area contributed by atoms with Gasteiger partial charge >= 0.3 is 0 Å². The monoisotopic (exact) mass is 417 g/mol. The minimum atomic E-state index is -0.311. The molecule has 32 heavy (non-hydrogen) atoms. The van der Waals surface area contributed by atoms with Crippen LogP contribution in [0.2, 0.25) is 0 Å². The second kappa shape index (κ2) is 8.65. The van der Waals surface area contributed by atoms with Gasteiger partial charge in [-0.25, -0.2) is 4.98 Å². The summed E-state index contributed by atoms with van der Waals surface area (Å²) in [6, 6.07) is 31.4. The van der Waals surface area contributed by atoms with E-state index in [1.54, 1.807) is 10.6 Å². The van der Waals surface area contributed by atoms with E-state index in [1.807, 2.05) is 97.1 Å². The van der Waals surface area contributed by atoms with Gasteiger partial charge in [-0.15, -0.1) is 5.10 Å². The van der Waals surface area contributed by atoms with Crippen LogP contribution >= 0.6 is 0 Å². The highest BCUT2D eigenvalue weighted by atomic mass is 16.1. The summed E-state index contributed by atoms with van der Waals surface area (Å²) >= 11 is 0. The van der Waals surface area contributed by atoms with E-state index in [-0.39, 0.29) is 11.9 Å². The maximum absolute atomic E-state index is 12.4. The van der Waals surface area contributed by atoms with Crippen molar-refractivity contribution in [3.05, 3.63) is 109 Å². The van der Waals surface area contributed by atoms with Crippen LogP contribution in [0.25, 0.3) is 34.4 Å². The number of hydrogen-bond acceptors (Lipinski definition) is 4. The van der Waals surface area contributed by atoms with Crippen molar-refractivity contribution in [1.29, 1.82) is 0 Å². The molecule has 2 aromatic heterocycles. The molecule has 0 aliphatic carbocycles. The number of carbonyl (C=O) groups excluding carboxylic acids is 1. The maximum Gasteiger partial charge on any atom is 0.255 e. The lowest BCUT2D eigenvalue weighted by molar-refractivity contribution is -0.111. The lowest BCUT2D eigenvalue weighted by atomic mass is 10.1. The first-order valence-corrected chi connectivity index (χ1v) is 10.2. The highest BCUT2D eigenvalue weighted by Crippen LogP contribution is 2.26. The highest BCUT2D eigenvalue weighted by molar-refractivity contribution is 6.01. The summed E-state index contributed by atoms with van der Waals surface area (Å²) in [5.41, 5.74) is 4.51. The van der Waals surface area contributed by atoms with E-state index in [0.717, 1.165) is 28.1 Å². The standard InChI is InChI=1S/C26H19N5O/c32-24(17-16-19-10-4-1-5-11-19)28-25-29-26-27-22(20-12-6-2-7-13-20)18-23(31(26)30-25)21-14-8-3-9-15-21/h1-18H,(H,28,30,32). The molecule has 0 aliphatic heterocycles. The van der Waals surface area contributed by atoms with E-state index in [2.05, 4.69) is 20.4 Å². The van der Waals surface area contributed by atoms with Crippen molar-refractivity contribution in [2.45, 2.75) is 0 Å². The van der Waals surface area contributed by atoms with E-state index in [0.29, 0.717) is 5.78 Å². The fourth-order valence-electron chi connectivity index (χ4n) is 3.38. The zero-order valence-electron chi connectivity index (χ0n) is 17.1. The zero-order chi connectivity index (χ0) is 21.8. The van der Waals surface area contributed by atoms with Gasteiger partial charge in [-0.1, -0.05) is 91.0 Å². The summed E-state index contributed by atoms with van der Waals surface area (Å²) in [5, 5.41) is 7.23. The summed E-state index contributed by atoms with van der Waals surface area (Å²) in [7, 11) is 0. The van der Waals surface area contributed by atoms with E-state index < -0.39 is 0 Å². The zero-order valence-corrected chi connectivity index (χ0v) is 17.1. The fourth-order valence-corrected chi connectivity index (χ4v) is 3.38. The summed E-state index contributed by atoms with van der Waals surface area (Å²) in [5.74, 6) is 0.296. The van der Waals surface area contributed by atoms with Gasteiger partial charge in [0.25, 0.3) is 17.6 Å². The Morgan fingerprint density at radius 2 is 1.41 bits per heavy atom. The van der Waals surface area contributed by atoms with Crippen molar-refractivity contribution in [2.75, 3.05) is 5.32 Å². The molecular formula is C26H19N5O. The number of nitrogens with one attached hydrogen (secondary N) is 1. The number of aromatic nitrogens is 4. The molecule has 154 valence electrons. The third-order valence-electron chi connectivity index (χ3n) is 4.91. The molecule has 1 N–H and O–H groups in total. The van der Waals surface area contributed by atoms with Crippen molar-refractivity contribution < 1.29 is 4.79 Å². The average Bonchev–Trinajstić information content (AvgIpc) is 3.26. The van der Waals surface area contributed by atoms with Crippen LogP contribution in [0, 0.1) is 0 Å². The fraction of sp³-hybridized carbons (Fsp3) is 0. The van der Waals surface area contributed by atoms with E-state index >= 15 is 0 Å². The van der Waals surface area contributed by atoms with Gasteiger partial charge in [0.1, 0.15) is 0 Å². The average molecular weight is 417 g/mol. The molecule has 0 unspecified atom stereocenters. The Hall–Kier alpha value is -4.58. The van der Waals surface area contributed by atoms with Gasteiger partial charge in [0.15, 0.2) is 0 Å². The molecule has 3 aromatic carbocycles. The third-order valence-corrected chi connectivity index (χ3v) is 4.91. The number of rotatable bonds is 5. The van der Waals surface area contributed by atoms with Crippen molar-refractivity contribution >= 4 is 23.7 Å². The van der Waals surface area contributed by atoms with Crippen molar-refractivity contribution in [3.8, 4) is 22.5 Å². The molecule has 0 radical (unpaired) electrons. The van der Waals surface area contributed by atoms with Crippen LogP contribution in [0.1, 0.15) is 5.56 Å². The molecule has 1 amide bonds. The van der Waals surface area contributed by atoms with E-state index in [9.17, 15) is 4.79 Å². The number of fused-ring (bicyclic) bond motifs is 1. The molecule has 0 saturated heterocycles. The number of anilines is 1. The maximum atomic E-state index is 12.4. The summed E-state index contributed by atoms with van der Waals surface area (Å²) in [6.45, 7) is 0. The minimum Gasteiger partial charge on any atom is -0.290 e. The van der Waals surface area contributed by atoms with Crippen LogP contribution in [-0.4, -0.2) is 25.5 Å². The van der Waals surface area contributed by atoms with Crippen molar-refractivity contribution in [3.63, 3.8) is 0 Å². The molecule has 0 saturated carbocycles. The Kier molecular flexibility index (Phi) is 5.24. The van der Waals surface area contributed by atoms with Gasteiger partial charge in [0, 0.05) is 17.2 Å². The Morgan fingerprint density at radius 3 is 2.09 bits per heavy atom. The van der Waals surface area contributed by atoms with Gasteiger partial charge in [-0.3, -0.25) is 10.1 Å². The second-order valence-electron chi connectivity index (χ2n) is 7.14. The molecule has 0 aliphatic rings. The number of nitrogens with zero attached hydrogens (tertiary/aromatic N) is 4. The molecule has 0 fully saturated rings. The first-order valence-electron chi connectivity index (χ1n) is 10.2. The largest absolute Gasteiger partial charge is 0.290 e. The predicted octanol–water partition coefficient (Wildman–Crippen LogP) is 5.11. The Morgan fingerprint density at radius 1 is 0.781 bits per heavy atom. The van der Waals surface area contributed by atoms with Gasteiger partial charge in [-0.2, -0.15) is 9.50 Å². The summed E-state index contributed by atoms with van der Waals surface area (Å²) in [4.78, 5) is 21.5.